The lowest BCUT2D eigenvalue weighted by Crippen LogP contribution is -2.59. The molecule has 0 saturated heterocycles. The Hall–Kier alpha value is -0.860. The second-order valence-corrected chi connectivity index (χ2v) is 10.8. The van der Waals surface area contributed by atoms with Gasteiger partial charge in [0.2, 0.25) is 11.8 Å². The second-order valence-electron chi connectivity index (χ2n) is 10.8. The van der Waals surface area contributed by atoms with Crippen molar-refractivity contribution >= 4 is 11.8 Å². The highest BCUT2D eigenvalue weighted by molar-refractivity contribution is 5.99. The van der Waals surface area contributed by atoms with Gasteiger partial charge in [0, 0.05) is 12.0 Å². The molecule has 6 aliphatic carbocycles. The summed E-state index contributed by atoms with van der Waals surface area (Å²) >= 11 is 0. The zero-order valence-electron chi connectivity index (χ0n) is 17.0. The van der Waals surface area contributed by atoms with Crippen LogP contribution in [0.1, 0.15) is 103 Å². The summed E-state index contributed by atoms with van der Waals surface area (Å²) in [5.74, 6) is 2.92. The van der Waals surface area contributed by atoms with E-state index in [1.165, 1.54) is 57.8 Å². The summed E-state index contributed by atoms with van der Waals surface area (Å²) in [5, 5.41) is 0. The van der Waals surface area contributed by atoms with Crippen molar-refractivity contribution in [2.75, 3.05) is 0 Å². The van der Waals surface area contributed by atoms with Gasteiger partial charge in [-0.25, -0.2) is 0 Å². The average Bonchev–Trinajstić information content (AvgIpc) is 2.68. The van der Waals surface area contributed by atoms with Gasteiger partial charge in [-0.05, 0) is 82.0 Å². The molecule has 0 N–H and O–H groups in total. The molecular formula is C24H37NO2. The first kappa shape index (κ1) is 18.2. The topological polar surface area (TPSA) is 37.4 Å². The number of amides is 2. The van der Waals surface area contributed by atoms with Crippen LogP contribution in [0.15, 0.2) is 0 Å². The molecule has 0 heterocycles. The molecule has 6 rings (SSSR count). The van der Waals surface area contributed by atoms with E-state index in [0.29, 0.717) is 0 Å². The minimum absolute atomic E-state index is 0.124. The first-order valence-corrected chi connectivity index (χ1v) is 12.0. The number of nitrogens with zero attached hydrogens (tertiary/aromatic N) is 1. The highest BCUT2D eigenvalue weighted by Crippen LogP contribution is 2.60. The Balaban J connectivity index is 1.42. The maximum absolute atomic E-state index is 14.1. The van der Waals surface area contributed by atoms with Gasteiger partial charge in [-0.1, -0.05) is 38.5 Å². The van der Waals surface area contributed by atoms with Crippen LogP contribution in [0.5, 0.6) is 0 Å². The normalized spacial score (nSPS) is 39.5. The van der Waals surface area contributed by atoms with E-state index in [1.54, 1.807) is 0 Å². The van der Waals surface area contributed by atoms with E-state index in [2.05, 4.69) is 0 Å². The van der Waals surface area contributed by atoms with Crippen LogP contribution in [-0.2, 0) is 9.59 Å². The molecule has 150 valence electrons. The molecule has 3 nitrogen and oxygen atoms in total. The van der Waals surface area contributed by atoms with Gasteiger partial charge in [0.05, 0.1) is 5.41 Å². The van der Waals surface area contributed by atoms with Gasteiger partial charge in [-0.15, -0.1) is 0 Å². The van der Waals surface area contributed by atoms with Gasteiger partial charge >= 0.3 is 0 Å². The highest BCUT2D eigenvalue weighted by atomic mass is 16.2. The van der Waals surface area contributed by atoms with Crippen molar-refractivity contribution in [1.29, 1.82) is 0 Å². The molecule has 0 radical (unpaired) electrons. The van der Waals surface area contributed by atoms with Gasteiger partial charge in [0.25, 0.3) is 0 Å². The molecule has 3 heteroatoms. The van der Waals surface area contributed by atoms with E-state index in [9.17, 15) is 9.59 Å². The number of hydrogen-bond acceptors (Lipinski definition) is 2. The Morgan fingerprint density at radius 2 is 1.15 bits per heavy atom. The molecule has 0 aromatic carbocycles. The SMILES string of the molecule is O=C(C1CCCCC1)N(C(=O)C12CC3CC(CC(C3)C1)C2)C1CCCCC1. The van der Waals surface area contributed by atoms with Crippen LogP contribution in [0.2, 0.25) is 0 Å². The lowest BCUT2D eigenvalue weighted by atomic mass is 9.49. The van der Waals surface area contributed by atoms with Crippen molar-refractivity contribution in [3.8, 4) is 0 Å². The van der Waals surface area contributed by atoms with Crippen molar-refractivity contribution in [2.24, 2.45) is 29.1 Å². The Kier molecular flexibility index (Phi) is 4.84. The molecular weight excluding hydrogens is 334 g/mol. The third-order valence-corrected chi connectivity index (χ3v) is 8.84. The number of hydrogen-bond donors (Lipinski definition) is 0. The van der Waals surface area contributed by atoms with Crippen molar-refractivity contribution in [3.63, 3.8) is 0 Å². The van der Waals surface area contributed by atoms with Crippen molar-refractivity contribution in [1.82, 2.24) is 4.90 Å². The fraction of sp³-hybridized carbons (Fsp3) is 0.917. The van der Waals surface area contributed by atoms with Crippen LogP contribution in [0.25, 0.3) is 0 Å². The summed E-state index contributed by atoms with van der Waals surface area (Å²) in [7, 11) is 0. The van der Waals surface area contributed by atoms with Gasteiger partial charge < -0.3 is 0 Å². The minimum Gasteiger partial charge on any atom is -0.279 e. The average molecular weight is 372 g/mol. The molecule has 0 unspecified atom stereocenters. The Morgan fingerprint density at radius 1 is 0.667 bits per heavy atom. The lowest BCUT2D eigenvalue weighted by Gasteiger charge is -2.57. The molecule has 0 atom stereocenters. The summed E-state index contributed by atoms with van der Waals surface area (Å²) < 4.78 is 0. The fourth-order valence-corrected chi connectivity index (χ4v) is 7.96. The predicted molar refractivity (Wildman–Crippen MR) is 106 cm³/mol. The maximum Gasteiger partial charge on any atom is 0.235 e. The zero-order valence-corrected chi connectivity index (χ0v) is 17.0. The minimum atomic E-state index is -0.170. The van der Waals surface area contributed by atoms with E-state index in [-0.39, 0.29) is 29.2 Å². The van der Waals surface area contributed by atoms with Crippen molar-refractivity contribution in [3.05, 3.63) is 0 Å². The molecule has 0 aromatic heterocycles. The Bertz CT molecular complexity index is 550. The van der Waals surface area contributed by atoms with Crippen LogP contribution in [-0.4, -0.2) is 22.8 Å². The molecule has 0 aliphatic heterocycles. The summed E-state index contributed by atoms with van der Waals surface area (Å²) in [6.45, 7) is 0. The van der Waals surface area contributed by atoms with Gasteiger partial charge in [0.1, 0.15) is 0 Å². The van der Waals surface area contributed by atoms with E-state index in [1.807, 2.05) is 4.90 Å². The first-order valence-electron chi connectivity index (χ1n) is 12.0. The first-order chi connectivity index (χ1) is 13.1. The summed E-state index contributed by atoms with van der Waals surface area (Å²) in [6, 6.07) is 0.202. The molecule has 0 aromatic rings. The predicted octanol–water partition coefficient (Wildman–Crippen LogP) is 5.47. The largest absolute Gasteiger partial charge is 0.279 e. The molecule has 6 saturated carbocycles. The molecule has 2 amide bonds. The quantitative estimate of drug-likeness (QED) is 0.617. The summed E-state index contributed by atoms with van der Waals surface area (Å²) in [6.07, 6.45) is 18.7. The zero-order chi connectivity index (χ0) is 18.4. The van der Waals surface area contributed by atoms with E-state index >= 15 is 0 Å². The number of rotatable bonds is 3. The monoisotopic (exact) mass is 371 g/mol. The van der Waals surface area contributed by atoms with Gasteiger partial charge in [0.15, 0.2) is 0 Å². The molecule has 6 fully saturated rings. The van der Waals surface area contributed by atoms with Crippen LogP contribution in [0.3, 0.4) is 0 Å². The van der Waals surface area contributed by atoms with Crippen LogP contribution in [0.4, 0.5) is 0 Å². The van der Waals surface area contributed by atoms with Crippen LogP contribution < -0.4 is 0 Å². The Morgan fingerprint density at radius 3 is 1.67 bits per heavy atom. The van der Waals surface area contributed by atoms with Crippen molar-refractivity contribution in [2.45, 2.75) is 109 Å². The molecule has 6 aliphatic rings. The van der Waals surface area contributed by atoms with E-state index < -0.39 is 0 Å². The van der Waals surface area contributed by atoms with Gasteiger partial charge in [-0.3, -0.25) is 14.5 Å². The maximum atomic E-state index is 14.1. The number of imide groups is 1. The smallest absolute Gasteiger partial charge is 0.235 e. The molecule has 0 spiro atoms. The Labute approximate surface area is 164 Å². The highest BCUT2D eigenvalue weighted by Gasteiger charge is 2.57. The van der Waals surface area contributed by atoms with Gasteiger partial charge in [-0.2, -0.15) is 0 Å². The standard InChI is InChI=1S/C24H37NO2/c26-22(20-7-3-1-4-8-20)25(21-9-5-2-6-10-21)23(27)24-14-17-11-18(15-24)13-19(12-17)16-24/h17-21H,1-16H2. The summed E-state index contributed by atoms with van der Waals surface area (Å²) in [5.41, 5.74) is -0.170. The molecule has 4 bridgehead atoms. The number of carbonyl (C=O) groups excluding carboxylic acids is 2. The second kappa shape index (κ2) is 7.19. The third-order valence-electron chi connectivity index (χ3n) is 8.84. The number of carbonyl (C=O) groups is 2. The molecule has 27 heavy (non-hydrogen) atoms. The fourth-order valence-electron chi connectivity index (χ4n) is 7.96. The van der Waals surface area contributed by atoms with Crippen LogP contribution >= 0.6 is 0 Å². The summed E-state index contributed by atoms with van der Waals surface area (Å²) in [4.78, 5) is 29.6. The third kappa shape index (κ3) is 3.27. The lowest BCUT2D eigenvalue weighted by molar-refractivity contribution is -0.169. The van der Waals surface area contributed by atoms with Crippen molar-refractivity contribution < 1.29 is 9.59 Å². The van der Waals surface area contributed by atoms with Crippen LogP contribution in [0, 0.1) is 29.1 Å². The van der Waals surface area contributed by atoms with E-state index in [4.69, 9.17) is 0 Å². The van der Waals surface area contributed by atoms with E-state index in [0.717, 1.165) is 62.7 Å².